The summed E-state index contributed by atoms with van der Waals surface area (Å²) >= 11 is 6.31. The predicted molar refractivity (Wildman–Crippen MR) is 116 cm³/mol. The number of carbonyl (C=O) groups excluding carboxylic acids is 1. The molecular formula is C23H24ClN3O2. The Hall–Kier alpha value is -2.79. The van der Waals surface area contributed by atoms with Crippen molar-refractivity contribution in [2.75, 3.05) is 13.1 Å². The molecule has 0 unspecified atom stereocenters. The van der Waals surface area contributed by atoms with E-state index in [2.05, 4.69) is 23.3 Å². The molecule has 150 valence electrons. The van der Waals surface area contributed by atoms with Gasteiger partial charge in [0.25, 0.3) is 0 Å². The molecular weight excluding hydrogens is 386 g/mol. The van der Waals surface area contributed by atoms with Gasteiger partial charge in [-0.15, -0.1) is 0 Å². The van der Waals surface area contributed by atoms with Crippen LogP contribution in [0.25, 0.3) is 22.2 Å². The Labute approximate surface area is 175 Å². The third kappa shape index (κ3) is 4.15. The zero-order chi connectivity index (χ0) is 20.6. The van der Waals surface area contributed by atoms with Gasteiger partial charge in [-0.2, -0.15) is 5.10 Å². The first-order chi connectivity index (χ1) is 13.8. The lowest BCUT2D eigenvalue weighted by atomic mass is 9.99. The molecule has 5 nitrogen and oxygen atoms in total. The van der Waals surface area contributed by atoms with E-state index in [1.54, 1.807) is 4.90 Å². The Kier molecular flexibility index (Phi) is 5.09. The number of hydrogen-bond acceptors (Lipinski definition) is 3. The average Bonchev–Trinajstić information content (AvgIpc) is 3.04. The quantitative estimate of drug-likeness (QED) is 0.545. The highest BCUT2D eigenvalue weighted by Gasteiger charge is 2.24. The molecule has 1 aliphatic heterocycles. The normalized spacial score (nSPS) is 14.8. The summed E-state index contributed by atoms with van der Waals surface area (Å²) in [4.78, 5) is 14.0. The molecule has 0 fully saturated rings. The van der Waals surface area contributed by atoms with Gasteiger partial charge in [0.2, 0.25) is 0 Å². The first-order valence-corrected chi connectivity index (χ1v) is 10.1. The molecule has 0 saturated carbocycles. The monoisotopic (exact) mass is 409 g/mol. The number of nitrogens with zero attached hydrogens (tertiary/aromatic N) is 3. The van der Waals surface area contributed by atoms with E-state index in [4.69, 9.17) is 16.3 Å². The van der Waals surface area contributed by atoms with E-state index in [0.717, 1.165) is 28.6 Å². The number of benzene rings is 2. The van der Waals surface area contributed by atoms with Crippen molar-refractivity contribution in [2.45, 2.75) is 32.8 Å². The van der Waals surface area contributed by atoms with Gasteiger partial charge in [0.15, 0.2) is 5.15 Å². The Morgan fingerprint density at radius 3 is 2.66 bits per heavy atom. The second kappa shape index (κ2) is 7.56. The number of carbonyl (C=O) groups is 1. The molecule has 29 heavy (non-hydrogen) atoms. The summed E-state index contributed by atoms with van der Waals surface area (Å²) in [7, 11) is 0. The number of amides is 1. The summed E-state index contributed by atoms with van der Waals surface area (Å²) in [5.74, 6) is 0. The molecule has 0 radical (unpaired) electrons. The zero-order valence-electron chi connectivity index (χ0n) is 16.9. The number of aromatic nitrogens is 2. The number of halogens is 1. The van der Waals surface area contributed by atoms with Crippen LogP contribution in [0.3, 0.4) is 0 Å². The molecule has 0 bridgehead atoms. The maximum Gasteiger partial charge on any atom is 0.410 e. The van der Waals surface area contributed by atoms with Gasteiger partial charge in [-0.1, -0.05) is 41.9 Å². The van der Waals surface area contributed by atoms with Crippen molar-refractivity contribution < 1.29 is 9.53 Å². The largest absolute Gasteiger partial charge is 0.444 e. The molecule has 0 aliphatic carbocycles. The highest BCUT2D eigenvalue weighted by atomic mass is 35.5. The van der Waals surface area contributed by atoms with Crippen LogP contribution in [0.2, 0.25) is 5.15 Å². The van der Waals surface area contributed by atoms with Gasteiger partial charge in [-0.3, -0.25) is 0 Å². The maximum atomic E-state index is 12.3. The van der Waals surface area contributed by atoms with Gasteiger partial charge in [0.1, 0.15) is 5.60 Å². The molecule has 3 aromatic rings. The zero-order valence-corrected chi connectivity index (χ0v) is 17.6. The molecule has 0 atom stereocenters. The van der Waals surface area contributed by atoms with Crippen molar-refractivity contribution in [2.24, 2.45) is 0 Å². The Bertz CT molecular complexity index is 1090. The van der Waals surface area contributed by atoms with E-state index >= 15 is 0 Å². The second-order valence-electron chi connectivity index (χ2n) is 8.18. The lowest BCUT2D eigenvalue weighted by molar-refractivity contribution is 0.0270. The van der Waals surface area contributed by atoms with E-state index in [0.29, 0.717) is 18.2 Å². The third-order valence-electron chi connectivity index (χ3n) is 4.86. The highest BCUT2D eigenvalue weighted by molar-refractivity contribution is 6.34. The molecule has 0 N–H and O–H groups in total. The fraction of sp³-hybridized carbons (Fsp3) is 0.304. The summed E-state index contributed by atoms with van der Waals surface area (Å²) in [6, 6.07) is 16.2. The Morgan fingerprint density at radius 2 is 1.93 bits per heavy atom. The van der Waals surface area contributed by atoms with Gasteiger partial charge in [-0.05, 0) is 62.6 Å². The molecule has 1 aliphatic rings. The topological polar surface area (TPSA) is 47.4 Å². The average molecular weight is 410 g/mol. The fourth-order valence-corrected chi connectivity index (χ4v) is 3.72. The van der Waals surface area contributed by atoms with Gasteiger partial charge < -0.3 is 9.64 Å². The van der Waals surface area contributed by atoms with Gasteiger partial charge in [0, 0.05) is 18.5 Å². The van der Waals surface area contributed by atoms with Gasteiger partial charge >= 0.3 is 6.09 Å². The Morgan fingerprint density at radius 1 is 1.14 bits per heavy atom. The summed E-state index contributed by atoms with van der Waals surface area (Å²) in [6.45, 7) is 6.83. The molecule has 4 rings (SSSR count). The maximum absolute atomic E-state index is 12.3. The van der Waals surface area contributed by atoms with Crippen molar-refractivity contribution in [3.8, 4) is 5.69 Å². The molecule has 1 amide bonds. The van der Waals surface area contributed by atoms with Crippen LogP contribution in [0, 0.1) is 0 Å². The lowest BCUT2D eigenvalue weighted by Crippen LogP contribution is -2.39. The highest BCUT2D eigenvalue weighted by Crippen LogP contribution is 2.28. The molecule has 2 aromatic carbocycles. The van der Waals surface area contributed by atoms with Crippen molar-refractivity contribution in [1.82, 2.24) is 14.7 Å². The lowest BCUT2D eigenvalue weighted by Gasteiger charge is -2.29. The van der Waals surface area contributed by atoms with Crippen molar-refractivity contribution in [3.05, 3.63) is 65.3 Å². The number of fused-ring (bicyclic) bond motifs is 1. The molecule has 6 heteroatoms. The molecule has 2 heterocycles. The third-order valence-corrected chi connectivity index (χ3v) is 5.14. The smallest absolute Gasteiger partial charge is 0.410 e. The van der Waals surface area contributed by atoms with Crippen LogP contribution in [-0.4, -0.2) is 39.5 Å². The minimum atomic E-state index is -0.483. The number of rotatable bonds is 2. The second-order valence-corrected chi connectivity index (χ2v) is 8.53. The number of ether oxygens (including phenoxy) is 1. The van der Waals surface area contributed by atoms with Crippen LogP contribution < -0.4 is 0 Å². The number of hydrogen-bond donors (Lipinski definition) is 0. The summed E-state index contributed by atoms with van der Waals surface area (Å²) in [5, 5.41) is 5.94. The van der Waals surface area contributed by atoms with Crippen LogP contribution in [0.5, 0.6) is 0 Å². The van der Waals surface area contributed by atoms with E-state index < -0.39 is 5.60 Å². The molecule has 0 saturated heterocycles. The summed E-state index contributed by atoms with van der Waals surface area (Å²) < 4.78 is 7.34. The SMILES string of the molecule is CC(C)(C)OC(=O)N1CC=C(c2cccc(-n3nc(Cl)c4ccccc43)c2)CC1. The van der Waals surface area contributed by atoms with Crippen LogP contribution in [-0.2, 0) is 4.74 Å². The predicted octanol–water partition coefficient (Wildman–Crippen LogP) is 5.70. The molecule has 1 aromatic heterocycles. The fourth-order valence-electron chi connectivity index (χ4n) is 3.49. The number of para-hydroxylation sites is 1. The summed E-state index contributed by atoms with van der Waals surface area (Å²) in [5.41, 5.74) is 3.80. The van der Waals surface area contributed by atoms with Crippen molar-refractivity contribution in [1.29, 1.82) is 0 Å². The van der Waals surface area contributed by atoms with Crippen molar-refractivity contribution in [3.63, 3.8) is 0 Å². The van der Waals surface area contributed by atoms with Crippen LogP contribution in [0.4, 0.5) is 4.79 Å². The Balaban J connectivity index is 1.58. The van der Waals surface area contributed by atoms with Crippen molar-refractivity contribution >= 4 is 34.2 Å². The summed E-state index contributed by atoms with van der Waals surface area (Å²) in [6.07, 6.45) is 2.61. The van der Waals surface area contributed by atoms with Gasteiger partial charge in [-0.25, -0.2) is 9.48 Å². The van der Waals surface area contributed by atoms with Crippen LogP contribution in [0.15, 0.2) is 54.6 Å². The van der Waals surface area contributed by atoms with Crippen LogP contribution in [0.1, 0.15) is 32.8 Å². The van der Waals surface area contributed by atoms with E-state index in [1.807, 2.05) is 61.9 Å². The van der Waals surface area contributed by atoms with E-state index in [9.17, 15) is 4.79 Å². The first-order valence-electron chi connectivity index (χ1n) is 9.73. The standard InChI is InChI=1S/C23H24ClN3O2/c1-23(2,3)29-22(28)26-13-11-16(12-14-26)17-7-6-8-18(15-17)27-20-10-5-4-9-19(20)21(24)25-27/h4-11,15H,12-14H2,1-3H3. The van der Waals surface area contributed by atoms with Gasteiger partial charge in [0.05, 0.1) is 11.2 Å². The van der Waals surface area contributed by atoms with E-state index in [1.165, 1.54) is 5.57 Å². The van der Waals surface area contributed by atoms with Crippen LogP contribution >= 0.6 is 11.6 Å². The molecule has 0 spiro atoms. The minimum Gasteiger partial charge on any atom is -0.444 e. The van der Waals surface area contributed by atoms with E-state index in [-0.39, 0.29) is 6.09 Å². The first kappa shape index (κ1) is 19.5. The minimum absolute atomic E-state index is 0.265.